The largest absolute Gasteiger partial charge is 0.339 e. The number of aromatic nitrogens is 4. The molecule has 0 bridgehead atoms. The highest BCUT2D eigenvalue weighted by atomic mass is 32.2. The minimum absolute atomic E-state index is 0.0294. The zero-order chi connectivity index (χ0) is 14.8. The fourth-order valence-corrected chi connectivity index (χ4v) is 2.39. The van der Waals surface area contributed by atoms with Gasteiger partial charge >= 0.3 is 0 Å². The van der Waals surface area contributed by atoms with Gasteiger partial charge in [-0.2, -0.15) is 4.98 Å². The minimum Gasteiger partial charge on any atom is -0.339 e. The van der Waals surface area contributed by atoms with Crippen LogP contribution >= 0.6 is 11.9 Å². The van der Waals surface area contributed by atoms with Crippen LogP contribution in [0.3, 0.4) is 0 Å². The summed E-state index contributed by atoms with van der Waals surface area (Å²) in [4.78, 5) is 35.7. The minimum atomic E-state index is -0.475. The Morgan fingerprint density at radius 3 is 2.95 bits per heavy atom. The van der Waals surface area contributed by atoms with Gasteiger partial charge < -0.3 is 4.98 Å². The number of rotatable bonds is 4. The van der Waals surface area contributed by atoms with E-state index >= 15 is 0 Å². The first-order valence-electron chi connectivity index (χ1n) is 5.75. The highest BCUT2D eigenvalue weighted by molar-refractivity contribution is 8.00. The first kappa shape index (κ1) is 13.1. The zero-order valence-corrected chi connectivity index (χ0v) is 11.2. The predicted molar refractivity (Wildman–Crippen MR) is 77.1 cm³/mol. The van der Waals surface area contributed by atoms with E-state index in [1.54, 1.807) is 18.2 Å². The van der Waals surface area contributed by atoms with Crippen molar-refractivity contribution < 1.29 is 4.92 Å². The van der Waals surface area contributed by atoms with Crippen LogP contribution in [0.5, 0.6) is 0 Å². The van der Waals surface area contributed by atoms with Crippen LogP contribution in [-0.4, -0.2) is 24.9 Å². The number of benzene rings is 1. The summed E-state index contributed by atoms with van der Waals surface area (Å²) in [6.45, 7) is 0. The fraction of sp³-hybridized carbons (Fsp3) is 0. The van der Waals surface area contributed by atoms with Crippen LogP contribution in [-0.2, 0) is 0 Å². The van der Waals surface area contributed by atoms with Crippen molar-refractivity contribution in [1.29, 1.82) is 0 Å². The SMILES string of the molecule is O=c1[nH]c(NSc2ccccc2[N+](=O)[O-])nc2nc[nH]c12. The molecule has 1 aromatic carbocycles. The maximum absolute atomic E-state index is 11.7. The molecule has 0 spiro atoms. The summed E-state index contributed by atoms with van der Waals surface area (Å²) in [5.41, 5.74) is 0.141. The summed E-state index contributed by atoms with van der Waals surface area (Å²) in [7, 11) is 0. The smallest absolute Gasteiger partial charge is 0.284 e. The number of H-pyrrole nitrogens is 2. The number of hydrogen-bond donors (Lipinski definition) is 3. The maximum Gasteiger partial charge on any atom is 0.284 e. The van der Waals surface area contributed by atoms with Crippen LogP contribution < -0.4 is 10.3 Å². The molecule has 3 rings (SSSR count). The number of nitro benzene ring substituents is 1. The van der Waals surface area contributed by atoms with Crippen molar-refractivity contribution >= 4 is 34.7 Å². The predicted octanol–water partition coefficient (Wildman–Crippen LogP) is 1.67. The van der Waals surface area contributed by atoms with Crippen molar-refractivity contribution in [3.63, 3.8) is 0 Å². The quantitative estimate of drug-likeness (QED) is 0.379. The molecule has 3 N–H and O–H groups in total. The van der Waals surface area contributed by atoms with E-state index in [1.165, 1.54) is 12.4 Å². The van der Waals surface area contributed by atoms with Crippen LogP contribution in [0, 0.1) is 10.1 Å². The first-order valence-corrected chi connectivity index (χ1v) is 6.56. The number of hydrogen-bond acceptors (Lipinski definition) is 7. The molecule has 3 aromatic rings. The molecule has 0 aliphatic carbocycles. The molecule has 0 saturated heterocycles. The lowest BCUT2D eigenvalue weighted by atomic mass is 10.3. The Bertz CT molecular complexity index is 874. The lowest BCUT2D eigenvalue weighted by Crippen LogP contribution is -2.10. The van der Waals surface area contributed by atoms with E-state index in [1.807, 2.05) is 0 Å². The van der Waals surface area contributed by atoms with E-state index < -0.39 is 4.92 Å². The molecule has 21 heavy (non-hydrogen) atoms. The molecular formula is C11H8N6O3S. The second-order valence-electron chi connectivity index (χ2n) is 3.94. The molecule has 0 fully saturated rings. The monoisotopic (exact) mass is 304 g/mol. The first-order chi connectivity index (χ1) is 10.1. The van der Waals surface area contributed by atoms with Gasteiger partial charge in [0, 0.05) is 6.07 Å². The number of nitrogens with one attached hydrogen (secondary N) is 3. The number of anilines is 1. The lowest BCUT2D eigenvalue weighted by molar-refractivity contribution is -0.387. The lowest BCUT2D eigenvalue weighted by Gasteiger charge is -2.04. The van der Waals surface area contributed by atoms with Crippen molar-refractivity contribution in [2.75, 3.05) is 4.72 Å². The van der Waals surface area contributed by atoms with Crippen LogP contribution in [0.2, 0.25) is 0 Å². The van der Waals surface area contributed by atoms with E-state index in [0.29, 0.717) is 4.90 Å². The Morgan fingerprint density at radius 1 is 1.33 bits per heavy atom. The Kier molecular flexibility index (Phi) is 3.28. The van der Waals surface area contributed by atoms with Gasteiger partial charge in [-0.1, -0.05) is 12.1 Å². The third-order valence-corrected chi connectivity index (χ3v) is 3.48. The van der Waals surface area contributed by atoms with Gasteiger partial charge in [-0.25, -0.2) is 4.98 Å². The average molecular weight is 304 g/mol. The second kappa shape index (κ2) is 5.25. The molecule has 0 aliphatic heterocycles. The van der Waals surface area contributed by atoms with Gasteiger partial charge in [-0.3, -0.25) is 24.6 Å². The van der Waals surface area contributed by atoms with Gasteiger partial charge in [0.15, 0.2) is 11.2 Å². The highest BCUT2D eigenvalue weighted by Crippen LogP contribution is 2.28. The van der Waals surface area contributed by atoms with E-state index in [-0.39, 0.29) is 28.4 Å². The molecule has 2 heterocycles. The number of aromatic amines is 2. The molecule has 0 aliphatic rings. The summed E-state index contributed by atoms with van der Waals surface area (Å²) < 4.78 is 2.77. The summed E-state index contributed by atoms with van der Waals surface area (Å²) >= 11 is 0.986. The standard InChI is InChI=1S/C11H8N6O3S/c18-10-8-9(13-5-12-8)14-11(15-10)16-21-7-4-2-1-3-6(7)17(19)20/h1-5H,(H3,12,13,14,15,16,18). The van der Waals surface area contributed by atoms with E-state index in [2.05, 4.69) is 24.7 Å². The van der Waals surface area contributed by atoms with Crippen molar-refractivity contribution in [1.82, 2.24) is 19.9 Å². The third kappa shape index (κ3) is 2.56. The summed E-state index contributed by atoms with van der Waals surface area (Å²) in [6.07, 6.45) is 1.37. The highest BCUT2D eigenvalue weighted by Gasteiger charge is 2.13. The molecule has 0 radical (unpaired) electrons. The van der Waals surface area contributed by atoms with E-state index in [4.69, 9.17) is 0 Å². The molecule has 0 saturated carbocycles. The molecule has 9 nitrogen and oxygen atoms in total. The Morgan fingerprint density at radius 2 is 2.14 bits per heavy atom. The van der Waals surface area contributed by atoms with Crippen molar-refractivity contribution in [2.24, 2.45) is 0 Å². The van der Waals surface area contributed by atoms with Gasteiger partial charge in [-0.15, -0.1) is 0 Å². The van der Waals surface area contributed by atoms with Crippen molar-refractivity contribution in [3.05, 3.63) is 51.1 Å². The summed E-state index contributed by atoms with van der Waals surface area (Å²) in [5.74, 6) is 0.169. The van der Waals surface area contributed by atoms with Gasteiger partial charge in [0.25, 0.3) is 11.2 Å². The van der Waals surface area contributed by atoms with Crippen molar-refractivity contribution in [2.45, 2.75) is 4.90 Å². The van der Waals surface area contributed by atoms with Gasteiger partial charge in [0.1, 0.15) is 4.90 Å². The number of nitrogens with zero attached hydrogens (tertiary/aromatic N) is 3. The number of para-hydroxylation sites is 1. The molecule has 0 amide bonds. The maximum atomic E-state index is 11.7. The Balaban J connectivity index is 1.87. The normalized spacial score (nSPS) is 10.7. The molecule has 2 aromatic heterocycles. The van der Waals surface area contributed by atoms with Crippen LogP contribution in [0.1, 0.15) is 0 Å². The molecule has 0 unspecified atom stereocenters. The zero-order valence-electron chi connectivity index (χ0n) is 10.4. The summed E-state index contributed by atoms with van der Waals surface area (Å²) in [5, 5.41) is 10.9. The van der Waals surface area contributed by atoms with E-state index in [9.17, 15) is 14.9 Å². The van der Waals surface area contributed by atoms with E-state index in [0.717, 1.165) is 11.9 Å². The number of nitro groups is 1. The number of fused-ring (bicyclic) bond motifs is 1. The third-order valence-electron chi connectivity index (χ3n) is 2.62. The molecule has 0 atom stereocenters. The van der Waals surface area contributed by atoms with Crippen LogP contribution in [0.4, 0.5) is 11.6 Å². The Hall–Kier alpha value is -2.88. The van der Waals surface area contributed by atoms with Gasteiger partial charge in [-0.05, 0) is 18.0 Å². The van der Waals surface area contributed by atoms with Crippen LogP contribution in [0.15, 0.2) is 40.3 Å². The van der Waals surface area contributed by atoms with Crippen molar-refractivity contribution in [3.8, 4) is 0 Å². The topological polar surface area (TPSA) is 130 Å². The fourth-order valence-electron chi connectivity index (χ4n) is 1.69. The van der Waals surface area contributed by atoms with Crippen LogP contribution in [0.25, 0.3) is 11.2 Å². The van der Waals surface area contributed by atoms with Gasteiger partial charge in [0.05, 0.1) is 11.3 Å². The molecular weight excluding hydrogens is 296 g/mol. The molecule has 106 valence electrons. The molecule has 10 heteroatoms. The average Bonchev–Trinajstić information content (AvgIpc) is 2.94. The van der Waals surface area contributed by atoms with Gasteiger partial charge in [0.2, 0.25) is 5.95 Å². The second-order valence-corrected chi connectivity index (χ2v) is 4.79. The summed E-state index contributed by atoms with van der Waals surface area (Å²) in [6, 6.07) is 6.26. The number of imidazole rings is 1. The Labute approximate surface area is 121 Å².